The highest BCUT2D eigenvalue weighted by molar-refractivity contribution is 6.30. The standard InChI is InChI=1S/C26H38ClN3O/c1-4-5-6-7-11-16-28-26(31)24-20(3)30(18-21-12-9-8-10-13-21)25(29-24)23-15-14-22(27)17-19(23)2/h14-15,17,21H,4-13,16,18H2,1-3H3,(H,28,31). The van der Waals surface area contributed by atoms with Crippen LogP contribution in [0.5, 0.6) is 0 Å². The molecule has 1 aliphatic rings. The summed E-state index contributed by atoms with van der Waals surface area (Å²) in [7, 11) is 0. The van der Waals surface area contributed by atoms with Gasteiger partial charge in [0.2, 0.25) is 0 Å². The van der Waals surface area contributed by atoms with Crippen LogP contribution in [-0.2, 0) is 6.54 Å². The van der Waals surface area contributed by atoms with Crippen molar-refractivity contribution in [2.45, 2.75) is 91.5 Å². The number of imidazole rings is 1. The zero-order valence-electron chi connectivity index (χ0n) is 19.5. The first-order chi connectivity index (χ1) is 15.0. The second-order valence-electron chi connectivity index (χ2n) is 9.11. The van der Waals surface area contributed by atoms with Crippen molar-refractivity contribution in [2.24, 2.45) is 5.92 Å². The Hall–Kier alpha value is -1.81. The third-order valence-electron chi connectivity index (χ3n) is 6.60. The van der Waals surface area contributed by atoms with Gasteiger partial charge in [-0.05, 0) is 62.8 Å². The quantitative estimate of drug-likeness (QED) is 0.398. The van der Waals surface area contributed by atoms with Gasteiger partial charge in [-0.3, -0.25) is 4.79 Å². The largest absolute Gasteiger partial charge is 0.351 e. The SMILES string of the molecule is CCCCCCCNC(=O)c1nc(-c2ccc(Cl)cc2C)n(CC2CCCCC2)c1C. The maximum absolute atomic E-state index is 13.0. The number of hydrogen-bond donors (Lipinski definition) is 1. The van der Waals surface area contributed by atoms with Crippen LogP contribution in [0, 0.1) is 19.8 Å². The number of unbranched alkanes of at least 4 members (excludes halogenated alkanes) is 4. The normalized spacial score (nSPS) is 14.7. The molecule has 1 saturated carbocycles. The van der Waals surface area contributed by atoms with Gasteiger partial charge < -0.3 is 9.88 Å². The smallest absolute Gasteiger partial charge is 0.271 e. The number of aromatic nitrogens is 2. The molecule has 0 aliphatic heterocycles. The average molecular weight is 444 g/mol. The fourth-order valence-corrected chi connectivity index (χ4v) is 4.92. The molecular weight excluding hydrogens is 406 g/mol. The topological polar surface area (TPSA) is 46.9 Å². The number of nitrogens with one attached hydrogen (secondary N) is 1. The third kappa shape index (κ3) is 6.35. The number of aryl methyl sites for hydroxylation is 1. The molecule has 0 radical (unpaired) electrons. The lowest BCUT2D eigenvalue weighted by atomic mass is 9.89. The van der Waals surface area contributed by atoms with Gasteiger partial charge in [0.15, 0.2) is 0 Å². The first-order valence-electron chi connectivity index (χ1n) is 12.1. The van der Waals surface area contributed by atoms with Crippen LogP contribution in [0.1, 0.15) is 92.9 Å². The number of hydrogen-bond acceptors (Lipinski definition) is 2. The van der Waals surface area contributed by atoms with Crippen LogP contribution in [0.2, 0.25) is 5.02 Å². The molecule has 0 bridgehead atoms. The molecular formula is C26H38ClN3O. The summed E-state index contributed by atoms with van der Waals surface area (Å²) in [5.41, 5.74) is 3.68. The van der Waals surface area contributed by atoms with E-state index in [1.165, 1.54) is 57.8 Å². The van der Waals surface area contributed by atoms with Gasteiger partial charge in [0.1, 0.15) is 11.5 Å². The van der Waals surface area contributed by atoms with E-state index in [2.05, 4.69) is 23.7 Å². The summed E-state index contributed by atoms with van der Waals surface area (Å²) in [5.74, 6) is 1.50. The number of rotatable bonds is 10. The molecule has 5 heteroatoms. The fraction of sp³-hybridized carbons (Fsp3) is 0.615. The zero-order chi connectivity index (χ0) is 22.2. The molecule has 4 nitrogen and oxygen atoms in total. The Labute approximate surface area is 192 Å². The number of carbonyl (C=O) groups is 1. The molecule has 1 aromatic heterocycles. The van der Waals surface area contributed by atoms with E-state index in [0.717, 1.165) is 40.6 Å². The predicted molar refractivity (Wildman–Crippen MR) is 130 cm³/mol. The van der Waals surface area contributed by atoms with E-state index in [1.807, 2.05) is 25.1 Å². The van der Waals surface area contributed by atoms with Crippen molar-refractivity contribution in [1.82, 2.24) is 14.9 Å². The van der Waals surface area contributed by atoms with Crippen molar-refractivity contribution in [1.29, 1.82) is 0 Å². The molecule has 170 valence electrons. The van der Waals surface area contributed by atoms with E-state index in [0.29, 0.717) is 18.2 Å². The monoisotopic (exact) mass is 443 g/mol. The van der Waals surface area contributed by atoms with E-state index >= 15 is 0 Å². The Kier molecular flexibility index (Phi) is 9.01. The lowest BCUT2D eigenvalue weighted by Gasteiger charge is -2.24. The van der Waals surface area contributed by atoms with Gasteiger partial charge in [-0.1, -0.05) is 63.5 Å². The molecule has 1 fully saturated rings. The second kappa shape index (κ2) is 11.7. The second-order valence-corrected chi connectivity index (χ2v) is 9.55. The van der Waals surface area contributed by atoms with Crippen molar-refractivity contribution >= 4 is 17.5 Å². The fourth-order valence-electron chi connectivity index (χ4n) is 4.70. The van der Waals surface area contributed by atoms with Crippen LogP contribution < -0.4 is 5.32 Å². The molecule has 0 saturated heterocycles. The van der Waals surface area contributed by atoms with Gasteiger partial charge in [0.05, 0.1) is 0 Å². The highest BCUT2D eigenvalue weighted by Crippen LogP contribution is 2.31. The number of amides is 1. The predicted octanol–water partition coefficient (Wildman–Crippen LogP) is 7.10. The molecule has 3 rings (SSSR count). The number of halogens is 1. The van der Waals surface area contributed by atoms with Crippen LogP contribution in [0.4, 0.5) is 0 Å². The van der Waals surface area contributed by atoms with Gasteiger partial charge in [-0.2, -0.15) is 0 Å². The van der Waals surface area contributed by atoms with Crippen LogP contribution in [-0.4, -0.2) is 22.0 Å². The maximum atomic E-state index is 13.0. The summed E-state index contributed by atoms with van der Waals surface area (Å²) in [5, 5.41) is 3.83. The highest BCUT2D eigenvalue weighted by atomic mass is 35.5. The highest BCUT2D eigenvalue weighted by Gasteiger charge is 2.24. The zero-order valence-corrected chi connectivity index (χ0v) is 20.2. The van der Waals surface area contributed by atoms with Crippen LogP contribution in [0.15, 0.2) is 18.2 Å². The summed E-state index contributed by atoms with van der Waals surface area (Å²) >= 11 is 6.20. The average Bonchev–Trinajstić information content (AvgIpc) is 3.07. The van der Waals surface area contributed by atoms with Gasteiger partial charge in [0.25, 0.3) is 5.91 Å². The van der Waals surface area contributed by atoms with Crippen LogP contribution >= 0.6 is 11.6 Å². The number of benzene rings is 1. The van der Waals surface area contributed by atoms with Gasteiger partial charge in [-0.15, -0.1) is 0 Å². The Morgan fingerprint density at radius 2 is 1.87 bits per heavy atom. The number of nitrogens with zero attached hydrogens (tertiary/aromatic N) is 2. The van der Waals surface area contributed by atoms with E-state index in [1.54, 1.807) is 0 Å². The third-order valence-corrected chi connectivity index (χ3v) is 6.83. The van der Waals surface area contributed by atoms with Crippen molar-refractivity contribution in [3.05, 3.63) is 40.2 Å². The van der Waals surface area contributed by atoms with Crippen molar-refractivity contribution in [3.63, 3.8) is 0 Å². The van der Waals surface area contributed by atoms with E-state index in [-0.39, 0.29) is 5.91 Å². The summed E-state index contributed by atoms with van der Waals surface area (Å²) in [4.78, 5) is 17.8. The van der Waals surface area contributed by atoms with Gasteiger partial charge in [-0.25, -0.2) is 4.98 Å². The van der Waals surface area contributed by atoms with Crippen molar-refractivity contribution < 1.29 is 4.79 Å². The van der Waals surface area contributed by atoms with Crippen molar-refractivity contribution in [2.75, 3.05) is 6.54 Å². The minimum atomic E-state index is -0.0525. The molecule has 0 atom stereocenters. The molecule has 2 aromatic rings. The van der Waals surface area contributed by atoms with E-state index < -0.39 is 0 Å². The summed E-state index contributed by atoms with van der Waals surface area (Å²) in [6.07, 6.45) is 12.4. The van der Waals surface area contributed by atoms with E-state index in [9.17, 15) is 4.79 Å². The van der Waals surface area contributed by atoms with Gasteiger partial charge >= 0.3 is 0 Å². The molecule has 1 aliphatic carbocycles. The van der Waals surface area contributed by atoms with Gasteiger partial charge in [0, 0.05) is 29.4 Å². The summed E-state index contributed by atoms with van der Waals surface area (Å²) in [6.45, 7) is 7.97. The maximum Gasteiger partial charge on any atom is 0.271 e. The molecule has 1 aromatic carbocycles. The molecule has 0 unspecified atom stereocenters. The Morgan fingerprint density at radius 1 is 1.13 bits per heavy atom. The molecule has 31 heavy (non-hydrogen) atoms. The molecule has 1 heterocycles. The number of carbonyl (C=O) groups excluding carboxylic acids is 1. The molecule has 1 amide bonds. The van der Waals surface area contributed by atoms with Crippen LogP contribution in [0.25, 0.3) is 11.4 Å². The Balaban J connectivity index is 1.82. The Morgan fingerprint density at radius 3 is 2.58 bits per heavy atom. The van der Waals surface area contributed by atoms with Crippen LogP contribution in [0.3, 0.4) is 0 Å². The minimum Gasteiger partial charge on any atom is -0.351 e. The molecule has 0 spiro atoms. The summed E-state index contributed by atoms with van der Waals surface area (Å²) in [6, 6.07) is 5.92. The first-order valence-corrected chi connectivity index (χ1v) is 12.5. The summed E-state index contributed by atoms with van der Waals surface area (Å²) < 4.78 is 2.28. The lowest BCUT2D eigenvalue weighted by Crippen LogP contribution is -2.25. The molecule has 1 N–H and O–H groups in total. The van der Waals surface area contributed by atoms with E-state index in [4.69, 9.17) is 16.6 Å². The Bertz CT molecular complexity index is 868. The van der Waals surface area contributed by atoms with Crippen molar-refractivity contribution in [3.8, 4) is 11.4 Å². The minimum absolute atomic E-state index is 0.0525. The first kappa shape index (κ1) is 23.8. The lowest BCUT2D eigenvalue weighted by molar-refractivity contribution is 0.0947.